The monoisotopic (exact) mass is 281 g/mol. The highest BCUT2D eigenvalue weighted by Crippen LogP contribution is 2.29. The molecule has 0 amide bonds. The van der Waals surface area contributed by atoms with Gasteiger partial charge in [0.1, 0.15) is 5.82 Å². The van der Waals surface area contributed by atoms with Crippen LogP contribution in [-0.2, 0) is 13.6 Å². The predicted octanol–water partition coefficient (Wildman–Crippen LogP) is 2.00. The number of hydrogen-bond donors (Lipinski definition) is 1. The second-order valence-electron chi connectivity index (χ2n) is 4.44. The number of rotatable bonds is 5. The van der Waals surface area contributed by atoms with Crippen LogP contribution in [0.1, 0.15) is 19.4 Å². The molecule has 2 aromatic rings. The van der Waals surface area contributed by atoms with Gasteiger partial charge in [-0.2, -0.15) is 0 Å². The van der Waals surface area contributed by atoms with E-state index in [1.54, 1.807) is 17.8 Å². The highest BCUT2D eigenvalue weighted by Gasteiger charge is 2.13. The van der Waals surface area contributed by atoms with Crippen LogP contribution in [0.3, 0.4) is 0 Å². The van der Waals surface area contributed by atoms with Crippen LogP contribution in [-0.4, -0.2) is 26.2 Å². The first kappa shape index (κ1) is 14.0. The molecule has 0 saturated carbocycles. The van der Waals surface area contributed by atoms with E-state index in [4.69, 9.17) is 0 Å². The second-order valence-corrected chi connectivity index (χ2v) is 5.45. The lowest BCUT2D eigenvalue weighted by Crippen LogP contribution is -2.22. The molecular weight excluding hydrogens is 265 g/mol. The fourth-order valence-electron chi connectivity index (χ4n) is 1.52. The quantitative estimate of drug-likeness (QED) is 0.908. The van der Waals surface area contributed by atoms with E-state index in [0.717, 1.165) is 4.90 Å². The van der Waals surface area contributed by atoms with E-state index < -0.39 is 0 Å². The molecular formula is C12H16FN5S. The van der Waals surface area contributed by atoms with Gasteiger partial charge in [-0.05, 0) is 34.3 Å². The molecule has 0 aliphatic heterocycles. The van der Waals surface area contributed by atoms with Gasteiger partial charge in [-0.25, -0.2) is 9.07 Å². The smallest absolute Gasteiger partial charge is 0.213 e. The first-order valence-corrected chi connectivity index (χ1v) is 6.80. The Hall–Kier alpha value is -1.47. The van der Waals surface area contributed by atoms with Gasteiger partial charge in [0, 0.05) is 30.1 Å². The van der Waals surface area contributed by atoms with Crippen molar-refractivity contribution in [3.8, 4) is 0 Å². The Kier molecular flexibility index (Phi) is 4.49. The highest BCUT2D eigenvalue weighted by atomic mass is 32.2. The first-order valence-electron chi connectivity index (χ1n) is 5.99. The zero-order valence-corrected chi connectivity index (χ0v) is 11.9. The summed E-state index contributed by atoms with van der Waals surface area (Å²) in [5.74, 6) is -0.215. The largest absolute Gasteiger partial charge is 0.310 e. The number of benzene rings is 1. The maximum Gasteiger partial charge on any atom is 0.213 e. The summed E-state index contributed by atoms with van der Waals surface area (Å²) < 4.78 is 15.5. The molecule has 1 heterocycles. The molecule has 0 bridgehead atoms. The van der Waals surface area contributed by atoms with E-state index in [0.29, 0.717) is 23.3 Å². The average Bonchev–Trinajstić information content (AvgIpc) is 2.74. The number of hydrogen-bond acceptors (Lipinski definition) is 5. The molecule has 0 unspecified atom stereocenters. The molecule has 0 atom stereocenters. The van der Waals surface area contributed by atoms with Crippen LogP contribution in [0.15, 0.2) is 28.3 Å². The van der Waals surface area contributed by atoms with Gasteiger partial charge in [0.05, 0.1) is 0 Å². The number of aryl methyl sites for hydroxylation is 1. The van der Waals surface area contributed by atoms with Crippen molar-refractivity contribution in [3.05, 3.63) is 29.6 Å². The Morgan fingerprint density at radius 3 is 2.84 bits per heavy atom. The predicted molar refractivity (Wildman–Crippen MR) is 71.3 cm³/mol. The molecule has 5 nitrogen and oxygen atoms in total. The second kappa shape index (κ2) is 6.12. The molecule has 2 rings (SSSR count). The van der Waals surface area contributed by atoms with Crippen LogP contribution in [0.5, 0.6) is 0 Å². The maximum atomic E-state index is 13.9. The van der Waals surface area contributed by atoms with Crippen molar-refractivity contribution in [2.45, 2.75) is 36.5 Å². The number of nitrogens with zero attached hydrogens (tertiary/aromatic N) is 4. The van der Waals surface area contributed by atoms with Crippen LogP contribution >= 0.6 is 11.8 Å². The van der Waals surface area contributed by atoms with Gasteiger partial charge in [-0.15, -0.1) is 5.10 Å². The van der Waals surface area contributed by atoms with Crippen LogP contribution < -0.4 is 5.32 Å². The third-order valence-electron chi connectivity index (χ3n) is 2.55. The lowest BCUT2D eigenvalue weighted by molar-refractivity contribution is 0.546. The molecule has 0 aliphatic rings. The summed E-state index contributed by atoms with van der Waals surface area (Å²) in [6.07, 6.45) is 0. The lowest BCUT2D eigenvalue weighted by Gasteiger charge is -2.12. The minimum Gasteiger partial charge on any atom is -0.310 e. The minimum absolute atomic E-state index is 0.215. The Morgan fingerprint density at radius 1 is 1.42 bits per heavy atom. The maximum absolute atomic E-state index is 13.9. The SMILES string of the molecule is CC(C)NCc1c(F)cccc1Sc1nnnn1C. The fraction of sp³-hybridized carbons (Fsp3) is 0.417. The van der Waals surface area contributed by atoms with Crippen molar-refractivity contribution in [1.29, 1.82) is 0 Å². The van der Waals surface area contributed by atoms with Gasteiger partial charge in [-0.3, -0.25) is 0 Å². The number of tetrazole rings is 1. The van der Waals surface area contributed by atoms with Crippen LogP contribution in [0.2, 0.25) is 0 Å². The topological polar surface area (TPSA) is 55.6 Å². The molecule has 0 aliphatic carbocycles. The van der Waals surface area contributed by atoms with Crippen molar-refractivity contribution in [3.63, 3.8) is 0 Å². The van der Waals surface area contributed by atoms with Crippen LogP contribution in [0.4, 0.5) is 4.39 Å². The minimum atomic E-state index is -0.215. The Labute approximate surface area is 115 Å². The van der Waals surface area contributed by atoms with Crippen LogP contribution in [0, 0.1) is 5.82 Å². The van der Waals surface area contributed by atoms with Crippen molar-refractivity contribution in [2.24, 2.45) is 7.05 Å². The van der Waals surface area contributed by atoms with Gasteiger partial charge in [-0.1, -0.05) is 19.9 Å². The first-order chi connectivity index (χ1) is 9.08. The summed E-state index contributed by atoms with van der Waals surface area (Å²) in [7, 11) is 1.76. The molecule has 102 valence electrons. The zero-order valence-electron chi connectivity index (χ0n) is 11.1. The Balaban J connectivity index is 2.24. The van der Waals surface area contributed by atoms with E-state index in [9.17, 15) is 4.39 Å². The van der Waals surface area contributed by atoms with Gasteiger partial charge in [0.2, 0.25) is 5.16 Å². The van der Waals surface area contributed by atoms with Gasteiger partial charge >= 0.3 is 0 Å². The molecule has 1 N–H and O–H groups in total. The van der Waals surface area contributed by atoms with E-state index in [2.05, 4.69) is 20.8 Å². The standard InChI is InChI=1S/C12H16FN5S/c1-8(2)14-7-9-10(13)5-4-6-11(9)19-12-15-16-17-18(12)3/h4-6,8,14H,7H2,1-3H3. The molecule has 0 saturated heterocycles. The Bertz CT molecular complexity index is 555. The average molecular weight is 281 g/mol. The summed E-state index contributed by atoms with van der Waals surface area (Å²) in [5.41, 5.74) is 0.643. The summed E-state index contributed by atoms with van der Waals surface area (Å²) in [6.45, 7) is 4.54. The molecule has 19 heavy (non-hydrogen) atoms. The number of nitrogens with one attached hydrogen (secondary N) is 1. The fourth-order valence-corrected chi connectivity index (χ4v) is 2.40. The van der Waals surface area contributed by atoms with Crippen molar-refractivity contribution in [2.75, 3.05) is 0 Å². The van der Waals surface area contributed by atoms with E-state index in [-0.39, 0.29) is 5.82 Å². The van der Waals surface area contributed by atoms with Crippen molar-refractivity contribution >= 4 is 11.8 Å². The highest BCUT2D eigenvalue weighted by molar-refractivity contribution is 7.99. The normalized spacial score (nSPS) is 11.2. The lowest BCUT2D eigenvalue weighted by atomic mass is 10.2. The van der Waals surface area contributed by atoms with E-state index >= 15 is 0 Å². The van der Waals surface area contributed by atoms with Crippen molar-refractivity contribution in [1.82, 2.24) is 25.5 Å². The molecule has 0 fully saturated rings. The summed E-state index contributed by atoms with van der Waals surface area (Å²) >= 11 is 1.36. The van der Waals surface area contributed by atoms with Gasteiger partial charge in [0.15, 0.2) is 0 Å². The third kappa shape index (κ3) is 3.51. The third-order valence-corrected chi connectivity index (χ3v) is 3.68. The number of halogens is 1. The molecule has 1 aromatic carbocycles. The van der Waals surface area contributed by atoms with Crippen LogP contribution in [0.25, 0.3) is 0 Å². The molecule has 1 aromatic heterocycles. The Morgan fingerprint density at radius 2 is 2.21 bits per heavy atom. The summed E-state index contributed by atoms with van der Waals surface area (Å²) in [6, 6.07) is 5.34. The van der Waals surface area contributed by atoms with E-state index in [1.165, 1.54) is 17.8 Å². The molecule has 0 radical (unpaired) electrons. The van der Waals surface area contributed by atoms with Crippen molar-refractivity contribution < 1.29 is 4.39 Å². The summed E-state index contributed by atoms with van der Waals surface area (Å²) in [5, 5.41) is 15.1. The van der Waals surface area contributed by atoms with Gasteiger partial charge < -0.3 is 5.32 Å². The zero-order chi connectivity index (χ0) is 13.8. The van der Waals surface area contributed by atoms with Gasteiger partial charge in [0.25, 0.3) is 0 Å². The summed E-state index contributed by atoms with van der Waals surface area (Å²) in [4.78, 5) is 0.825. The number of aromatic nitrogens is 4. The molecule has 0 spiro atoms. The molecule has 7 heteroatoms. The van der Waals surface area contributed by atoms with E-state index in [1.807, 2.05) is 19.9 Å².